The van der Waals surface area contributed by atoms with Gasteiger partial charge in [0.25, 0.3) is 10.0 Å². The van der Waals surface area contributed by atoms with Crippen molar-refractivity contribution in [3.8, 4) is 5.75 Å². The maximum atomic E-state index is 14.5. The van der Waals surface area contributed by atoms with Gasteiger partial charge in [0.2, 0.25) is 11.8 Å². The summed E-state index contributed by atoms with van der Waals surface area (Å²) in [5.41, 5.74) is 1.69. The predicted octanol–water partition coefficient (Wildman–Crippen LogP) is 6.36. The second kappa shape index (κ2) is 15.8. The molecular weight excluding hydrogens is 633 g/mol. The molecule has 4 aromatic rings. The van der Waals surface area contributed by atoms with Crippen LogP contribution >= 0.6 is 23.2 Å². The summed E-state index contributed by atoms with van der Waals surface area (Å²) in [5.74, 6) is -0.586. The van der Waals surface area contributed by atoms with Gasteiger partial charge in [0.05, 0.1) is 22.7 Å². The lowest BCUT2D eigenvalue weighted by molar-refractivity contribution is -0.140. The third-order valence-corrected chi connectivity index (χ3v) is 9.41. The molecule has 2 amide bonds. The van der Waals surface area contributed by atoms with E-state index in [2.05, 4.69) is 5.32 Å². The minimum atomic E-state index is -4.25. The van der Waals surface area contributed by atoms with Crippen LogP contribution in [0.15, 0.2) is 108 Å². The Kier molecular flexibility index (Phi) is 11.9. The second-order valence-electron chi connectivity index (χ2n) is 10.3. The normalized spacial score (nSPS) is 11.8. The van der Waals surface area contributed by atoms with Gasteiger partial charge in [-0.15, -0.1) is 0 Å². The van der Waals surface area contributed by atoms with E-state index in [-0.39, 0.29) is 34.5 Å². The van der Waals surface area contributed by atoms with Crippen LogP contribution in [-0.2, 0) is 32.6 Å². The number of nitrogens with zero attached hydrogens (tertiary/aromatic N) is 2. The molecule has 236 valence electrons. The molecule has 1 N–H and O–H groups in total. The maximum absolute atomic E-state index is 14.5. The van der Waals surface area contributed by atoms with Crippen molar-refractivity contribution in [3.05, 3.63) is 124 Å². The van der Waals surface area contributed by atoms with Crippen LogP contribution in [0, 0.1) is 0 Å². The van der Waals surface area contributed by atoms with Gasteiger partial charge >= 0.3 is 0 Å². The zero-order chi connectivity index (χ0) is 32.4. The van der Waals surface area contributed by atoms with Crippen molar-refractivity contribution in [1.29, 1.82) is 0 Å². The van der Waals surface area contributed by atoms with E-state index in [4.69, 9.17) is 27.9 Å². The lowest BCUT2D eigenvalue weighted by atomic mass is 10.0. The van der Waals surface area contributed by atoms with Crippen LogP contribution in [-0.4, -0.2) is 51.4 Å². The van der Waals surface area contributed by atoms with Gasteiger partial charge in [-0.1, -0.05) is 90.8 Å². The molecule has 0 aliphatic rings. The van der Waals surface area contributed by atoms with Gasteiger partial charge in [0.15, 0.2) is 0 Å². The van der Waals surface area contributed by atoms with Crippen molar-refractivity contribution in [2.24, 2.45) is 0 Å². The van der Waals surface area contributed by atoms with Gasteiger partial charge in [-0.3, -0.25) is 13.9 Å². The van der Waals surface area contributed by atoms with Gasteiger partial charge in [-0.05, 0) is 60.0 Å². The first kappa shape index (κ1) is 33.8. The van der Waals surface area contributed by atoms with Crippen molar-refractivity contribution in [2.45, 2.75) is 37.2 Å². The first-order valence-electron chi connectivity index (χ1n) is 14.4. The fourth-order valence-corrected chi connectivity index (χ4v) is 6.70. The number of nitrogens with one attached hydrogen (secondary N) is 1. The highest BCUT2D eigenvalue weighted by atomic mass is 35.5. The molecule has 4 aromatic carbocycles. The van der Waals surface area contributed by atoms with E-state index in [1.807, 2.05) is 37.3 Å². The number of carbonyl (C=O) groups excluding carboxylic acids is 2. The van der Waals surface area contributed by atoms with Crippen LogP contribution in [0.25, 0.3) is 0 Å². The molecule has 0 spiro atoms. The lowest BCUT2D eigenvalue weighted by Crippen LogP contribution is -2.53. The summed E-state index contributed by atoms with van der Waals surface area (Å²) < 4.78 is 34.4. The number of anilines is 1. The first-order valence-corrected chi connectivity index (χ1v) is 16.6. The molecule has 0 aromatic heterocycles. The Balaban J connectivity index is 1.81. The van der Waals surface area contributed by atoms with Crippen molar-refractivity contribution < 1.29 is 22.7 Å². The van der Waals surface area contributed by atoms with Crippen molar-refractivity contribution in [3.63, 3.8) is 0 Å². The number of halogens is 2. The molecule has 0 saturated heterocycles. The number of methoxy groups -OCH3 is 1. The average Bonchev–Trinajstić information content (AvgIpc) is 3.04. The number of ether oxygens (including phenoxy) is 1. The Labute approximate surface area is 274 Å². The SMILES string of the molecule is CCCNC(=O)[C@H](Cc1ccccc1)N(Cc1cccc(Cl)c1)C(=O)CN(c1ccc(OC)c(Cl)c1)S(=O)(=O)c1ccccc1. The smallest absolute Gasteiger partial charge is 0.264 e. The summed E-state index contributed by atoms with van der Waals surface area (Å²) >= 11 is 12.7. The standard InChI is InChI=1S/C34H35Cl2N3O5S/c1-3-19-37-34(41)31(21-25-11-6-4-7-12-25)38(23-26-13-10-14-27(35)20-26)33(40)24-39(28-17-18-32(44-2)30(36)22-28)45(42,43)29-15-8-5-9-16-29/h4-18,20,22,31H,3,19,21,23-24H2,1-2H3,(H,37,41)/t31-/m0/s1. The number of amides is 2. The van der Waals surface area contributed by atoms with Gasteiger partial charge in [0.1, 0.15) is 18.3 Å². The van der Waals surface area contributed by atoms with E-state index < -0.39 is 28.5 Å². The molecule has 0 bridgehead atoms. The molecule has 1 atom stereocenters. The monoisotopic (exact) mass is 667 g/mol. The van der Waals surface area contributed by atoms with Crippen LogP contribution in [0.5, 0.6) is 5.75 Å². The fourth-order valence-electron chi connectivity index (χ4n) is 4.81. The number of carbonyl (C=O) groups is 2. The molecule has 0 aliphatic carbocycles. The molecule has 45 heavy (non-hydrogen) atoms. The highest BCUT2D eigenvalue weighted by Gasteiger charge is 2.34. The van der Waals surface area contributed by atoms with Crippen LogP contribution in [0.2, 0.25) is 10.0 Å². The van der Waals surface area contributed by atoms with E-state index in [9.17, 15) is 18.0 Å². The molecule has 0 radical (unpaired) electrons. The van der Waals surface area contributed by atoms with Gasteiger partial charge in [0, 0.05) is 24.5 Å². The zero-order valence-corrected chi connectivity index (χ0v) is 27.4. The molecule has 8 nitrogen and oxygen atoms in total. The summed E-state index contributed by atoms with van der Waals surface area (Å²) in [6.07, 6.45) is 0.913. The van der Waals surface area contributed by atoms with E-state index in [1.54, 1.807) is 42.5 Å². The van der Waals surface area contributed by atoms with Crippen molar-refractivity contribution in [2.75, 3.05) is 24.5 Å². The molecule has 0 saturated carbocycles. The molecule has 11 heteroatoms. The molecule has 0 heterocycles. The Bertz CT molecular complexity index is 1710. The third kappa shape index (κ3) is 8.78. The Hall–Kier alpha value is -4.05. The van der Waals surface area contributed by atoms with Crippen LogP contribution in [0.1, 0.15) is 24.5 Å². The number of benzene rings is 4. The number of hydrogen-bond donors (Lipinski definition) is 1. The van der Waals surface area contributed by atoms with E-state index in [0.717, 1.165) is 9.87 Å². The Morgan fingerprint density at radius 2 is 1.53 bits per heavy atom. The highest BCUT2D eigenvalue weighted by Crippen LogP contribution is 2.32. The average molecular weight is 669 g/mol. The van der Waals surface area contributed by atoms with Gasteiger partial charge in [-0.25, -0.2) is 8.42 Å². The summed E-state index contributed by atoms with van der Waals surface area (Å²) in [7, 11) is -2.80. The zero-order valence-electron chi connectivity index (χ0n) is 25.0. The van der Waals surface area contributed by atoms with Gasteiger partial charge in [-0.2, -0.15) is 0 Å². The summed E-state index contributed by atoms with van der Waals surface area (Å²) in [6.45, 7) is 1.77. The van der Waals surface area contributed by atoms with E-state index in [0.29, 0.717) is 29.3 Å². The fraction of sp³-hybridized carbons (Fsp3) is 0.235. The maximum Gasteiger partial charge on any atom is 0.264 e. The first-order chi connectivity index (χ1) is 21.6. The van der Waals surface area contributed by atoms with Gasteiger partial charge < -0.3 is 15.0 Å². The summed E-state index contributed by atoms with van der Waals surface area (Å²) in [6, 6.07) is 27.7. The molecule has 4 rings (SSSR count). The Morgan fingerprint density at radius 3 is 2.16 bits per heavy atom. The number of sulfonamides is 1. The molecule has 0 unspecified atom stereocenters. The number of hydrogen-bond acceptors (Lipinski definition) is 5. The lowest BCUT2D eigenvalue weighted by Gasteiger charge is -2.34. The summed E-state index contributed by atoms with van der Waals surface area (Å²) in [4.78, 5) is 29.6. The van der Waals surface area contributed by atoms with Crippen LogP contribution < -0.4 is 14.4 Å². The second-order valence-corrected chi connectivity index (χ2v) is 13.0. The van der Waals surface area contributed by atoms with Crippen LogP contribution in [0.4, 0.5) is 5.69 Å². The summed E-state index contributed by atoms with van der Waals surface area (Å²) in [5, 5.41) is 3.57. The minimum absolute atomic E-state index is 0.00680. The largest absolute Gasteiger partial charge is 0.495 e. The molecule has 0 fully saturated rings. The van der Waals surface area contributed by atoms with Crippen molar-refractivity contribution >= 4 is 50.7 Å². The highest BCUT2D eigenvalue weighted by molar-refractivity contribution is 7.92. The Morgan fingerprint density at radius 1 is 0.867 bits per heavy atom. The number of rotatable bonds is 14. The van der Waals surface area contributed by atoms with E-state index in [1.165, 1.54) is 42.3 Å². The molecular formula is C34H35Cl2N3O5S. The van der Waals surface area contributed by atoms with Crippen molar-refractivity contribution in [1.82, 2.24) is 10.2 Å². The molecule has 0 aliphatic heterocycles. The van der Waals surface area contributed by atoms with E-state index >= 15 is 0 Å². The third-order valence-electron chi connectivity index (χ3n) is 7.10. The quantitative estimate of drug-likeness (QED) is 0.169. The topological polar surface area (TPSA) is 96.0 Å². The predicted molar refractivity (Wildman–Crippen MR) is 178 cm³/mol. The van der Waals surface area contributed by atoms with Crippen LogP contribution in [0.3, 0.4) is 0 Å². The minimum Gasteiger partial charge on any atom is -0.495 e.